The van der Waals surface area contributed by atoms with Crippen LogP contribution in [0.2, 0.25) is 0 Å². The van der Waals surface area contributed by atoms with Crippen molar-refractivity contribution in [1.82, 2.24) is 5.32 Å². The van der Waals surface area contributed by atoms with E-state index in [1.165, 1.54) is 25.7 Å². The number of rotatable bonds is 6. The Morgan fingerprint density at radius 3 is 2.67 bits per heavy atom. The number of carbonyl (C=O) groups is 1. The largest absolute Gasteiger partial charge is 0.393 e. The lowest BCUT2D eigenvalue weighted by Crippen LogP contribution is -2.30. The van der Waals surface area contributed by atoms with Gasteiger partial charge in [0.05, 0.1) is 6.10 Å². The number of amides is 1. The van der Waals surface area contributed by atoms with Gasteiger partial charge in [0, 0.05) is 13.0 Å². The predicted octanol–water partition coefficient (Wildman–Crippen LogP) is 2.34. The third-order valence-electron chi connectivity index (χ3n) is 4.86. The number of hydrogen-bond acceptors (Lipinski definition) is 2. The molecule has 18 heavy (non-hydrogen) atoms. The third-order valence-corrected chi connectivity index (χ3v) is 4.86. The molecule has 4 unspecified atom stereocenters. The molecule has 104 valence electrons. The van der Waals surface area contributed by atoms with Crippen molar-refractivity contribution in [3.05, 3.63) is 0 Å². The fourth-order valence-corrected chi connectivity index (χ4v) is 3.63. The summed E-state index contributed by atoms with van der Waals surface area (Å²) in [5.41, 5.74) is 0. The van der Waals surface area contributed by atoms with Crippen LogP contribution < -0.4 is 5.32 Å². The van der Waals surface area contributed by atoms with Crippen molar-refractivity contribution in [1.29, 1.82) is 0 Å². The maximum Gasteiger partial charge on any atom is 0.220 e. The van der Waals surface area contributed by atoms with Crippen molar-refractivity contribution < 1.29 is 9.90 Å². The van der Waals surface area contributed by atoms with Crippen LogP contribution in [0.1, 0.15) is 52.4 Å². The zero-order chi connectivity index (χ0) is 13.1. The fourth-order valence-electron chi connectivity index (χ4n) is 3.63. The molecule has 0 radical (unpaired) electrons. The monoisotopic (exact) mass is 253 g/mol. The summed E-state index contributed by atoms with van der Waals surface area (Å²) in [6.45, 7) is 4.61. The molecule has 2 aliphatic rings. The Balaban J connectivity index is 1.61. The quantitative estimate of drug-likeness (QED) is 0.763. The van der Waals surface area contributed by atoms with Crippen molar-refractivity contribution >= 4 is 5.91 Å². The lowest BCUT2D eigenvalue weighted by Gasteiger charge is -2.21. The molecule has 0 aromatic heterocycles. The van der Waals surface area contributed by atoms with E-state index in [1.54, 1.807) is 0 Å². The van der Waals surface area contributed by atoms with Crippen molar-refractivity contribution in [3.63, 3.8) is 0 Å². The lowest BCUT2D eigenvalue weighted by molar-refractivity contribution is -0.122. The average Bonchev–Trinajstić information content (AvgIpc) is 2.90. The molecule has 0 aromatic rings. The van der Waals surface area contributed by atoms with Crippen molar-refractivity contribution in [2.24, 2.45) is 23.7 Å². The van der Waals surface area contributed by atoms with Gasteiger partial charge < -0.3 is 10.4 Å². The van der Waals surface area contributed by atoms with Crippen molar-refractivity contribution in [3.8, 4) is 0 Å². The van der Waals surface area contributed by atoms with Crippen molar-refractivity contribution in [2.75, 3.05) is 6.54 Å². The smallest absolute Gasteiger partial charge is 0.220 e. The molecule has 3 nitrogen and oxygen atoms in total. The van der Waals surface area contributed by atoms with Gasteiger partial charge in [0.2, 0.25) is 5.91 Å². The number of hydrogen-bond donors (Lipinski definition) is 2. The summed E-state index contributed by atoms with van der Waals surface area (Å²) in [5, 5.41) is 12.6. The van der Waals surface area contributed by atoms with Crippen LogP contribution in [-0.4, -0.2) is 23.7 Å². The second kappa shape index (κ2) is 6.05. The summed E-state index contributed by atoms with van der Waals surface area (Å²) < 4.78 is 0. The molecule has 1 amide bonds. The highest BCUT2D eigenvalue weighted by atomic mass is 16.3. The number of nitrogens with one attached hydrogen (secondary N) is 1. The first-order valence-corrected chi connectivity index (χ1v) is 7.51. The number of fused-ring (bicyclic) bond motifs is 2. The summed E-state index contributed by atoms with van der Waals surface area (Å²) in [6.07, 6.45) is 6.45. The zero-order valence-corrected chi connectivity index (χ0v) is 11.7. The van der Waals surface area contributed by atoms with Gasteiger partial charge in [0.25, 0.3) is 0 Å². The van der Waals surface area contributed by atoms with Gasteiger partial charge in [-0.15, -0.1) is 0 Å². The summed E-state index contributed by atoms with van der Waals surface area (Å²) in [5.74, 6) is 2.83. The normalized spacial score (nSPS) is 31.9. The highest BCUT2D eigenvalue weighted by molar-refractivity contribution is 5.76. The minimum absolute atomic E-state index is 0.184. The Kier molecular flexibility index (Phi) is 4.66. The van der Waals surface area contributed by atoms with E-state index in [0.717, 1.165) is 11.8 Å². The first-order chi connectivity index (χ1) is 8.56. The summed E-state index contributed by atoms with van der Waals surface area (Å²) in [6, 6.07) is 0. The zero-order valence-electron chi connectivity index (χ0n) is 11.7. The number of carbonyl (C=O) groups excluding carboxylic acids is 1. The van der Waals surface area contributed by atoms with E-state index in [9.17, 15) is 9.90 Å². The molecule has 2 fully saturated rings. The molecule has 0 aromatic carbocycles. The maximum absolute atomic E-state index is 11.8. The summed E-state index contributed by atoms with van der Waals surface area (Å²) >= 11 is 0. The Morgan fingerprint density at radius 2 is 2.11 bits per heavy atom. The number of aliphatic hydroxyl groups excluding tert-OH is 1. The average molecular weight is 253 g/mol. The number of aliphatic hydroxyl groups is 1. The Labute approximate surface area is 110 Å². The molecule has 3 heteroatoms. The molecule has 2 saturated carbocycles. The van der Waals surface area contributed by atoms with Crippen LogP contribution in [0.15, 0.2) is 0 Å². The van der Waals surface area contributed by atoms with Crippen LogP contribution in [0.4, 0.5) is 0 Å². The van der Waals surface area contributed by atoms with Crippen LogP contribution in [0.5, 0.6) is 0 Å². The first-order valence-electron chi connectivity index (χ1n) is 7.51. The molecule has 0 heterocycles. The molecular formula is C15H27NO2. The summed E-state index contributed by atoms with van der Waals surface area (Å²) in [7, 11) is 0. The van der Waals surface area contributed by atoms with Crippen LogP contribution >= 0.6 is 0 Å². The van der Waals surface area contributed by atoms with Gasteiger partial charge in [0.15, 0.2) is 0 Å². The molecule has 2 bridgehead atoms. The van der Waals surface area contributed by atoms with Gasteiger partial charge in [0.1, 0.15) is 0 Å². The molecule has 2 aliphatic carbocycles. The fraction of sp³-hybridized carbons (Fsp3) is 0.933. The van der Waals surface area contributed by atoms with Crippen LogP contribution in [0, 0.1) is 23.7 Å². The Bertz CT molecular complexity index is 290. The molecule has 2 rings (SSSR count). The Hall–Kier alpha value is -0.570. The third kappa shape index (κ3) is 3.47. The van der Waals surface area contributed by atoms with Gasteiger partial charge in [-0.2, -0.15) is 0 Å². The van der Waals surface area contributed by atoms with Crippen LogP contribution in [0.3, 0.4) is 0 Å². The minimum Gasteiger partial charge on any atom is -0.393 e. The molecule has 0 spiro atoms. The van der Waals surface area contributed by atoms with Crippen LogP contribution in [-0.2, 0) is 4.79 Å². The van der Waals surface area contributed by atoms with Gasteiger partial charge in [-0.3, -0.25) is 4.79 Å². The molecule has 4 atom stereocenters. The molecule has 2 N–H and O–H groups in total. The van der Waals surface area contributed by atoms with Gasteiger partial charge in [-0.25, -0.2) is 0 Å². The van der Waals surface area contributed by atoms with Crippen LogP contribution in [0.25, 0.3) is 0 Å². The lowest BCUT2D eigenvalue weighted by atomic mass is 9.86. The predicted molar refractivity (Wildman–Crippen MR) is 72.0 cm³/mol. The van der Waals surface area contributed by atoms with Gasteiger partial charge in [-0.1, -0.05) is 20.3 Å². The van der Waals surface area contributed by atoms with E-state index in [2.05, 4.69) is 5.32 Å². The van der Waals surface area contributed by atoms with Gasteiger partial charge in [-0.05, 0) is 49.4 Å². The van der Waals surface area contributed by atoms with E-state index < -0.39 is 0 Å². The second-order valence-corrected chi connectivity index (χ2v) is 6.59. The van der Waals surface area contributed by atoms with E-state index in [-0.39, 0.29) is 17.9 Å². The summed E-state index contributed by atoms with van der Waals surface area (Å²) in [4.78, 5) is 11.8. The van der Waals surface area contributed by atoms with E-state index in [4.69, 9.17) is 0 Å². The minimum atomic E-state index is -0.298. The maximum atomic E-state index is 11.8. The van der Waals surface area contributed by atoms with E-state index in [0.29, 0.717) is 25.3 Å². The van der Waals surface area contributed by atoms with Gasteiger partial charge >= 0.3 is 0 Å². The van der Waals surface area contributed by atoms with E-state index in [1.807, 2.05) is 13.8 Å². The topological polar surface area (TPSA) is 49.3 Å². The highest BCUT2D eigenvalue weighted by Crippen LogP contribution is 2.49. The Morgan fingerprint density at radius 1 is 1.33 bits per heavy atom. The SMILES string of the molecule is CC(C)C(O)CCNC(=O)CC1CC2CCC1C2. The molecular weight excluding hydrogens is 226 g/mol. The highest BCUT2D eigenvalue weighted by Gasteiger charge is 2.39. The first kappa shape index (κ1) is 13.9. The molecule has 0 saturated heterocycles. The second-order valence-electron chi connectivity index (χ2n) is 6.59. The standard InChI is InChI=1S/C15H27NO2/c1-10(2)14(17)5-6-16-15(18)9-13-8-11-3-4-12(13)7-11/h10-14,17H,3-9H2,1-2H3,(H,16,18). The van der Waals surface area contributed by atoms with Crippen molar-refractivity contribution in [2.45, 2.75) is 58.5 Å². The van der Waals surface area contributed by atoms with E-state index >= 15 is 0 Å². The molecule has 0 aliphatic heterocycles.